The van der Waals surface area contributed by atoms with Gasteiger partial charge in [0.1, 0.15) is 17.5 Å². The summed E-state index contributed by atoms with van der Waals surface area (Å²) in [4.78, 5) is 51.5. The van der Waals surface area contributed by atoms with E-state index in [1.54, 1.807) is 17.3 Å². The van der Waals surface area contributed by atoms with Crippen LogP contribution in [0.5, 0.6) is 0 Å². The molecule has 13 nitrogen and oxygen atoms in total. The molecule has 3 aromatic carbocycles. The molecule has 5 aliphatic heterocycles. The van der Waals surface area contributed by atoms with Crippen LogP contribution in [-0.4, -0.2) is 90.6 Å². The number of carbonyl (C=O) groups is 3. The quantitative estimate of drug-likeness (QED) is 0.116. The van der Waals surface area contributed by atoms with Crippen LogP contribution in [0, 0.1) is 29.4 Å². The largest absolute Gasteiger partial charge is 0.372 e. The molecule has 340 valence electrons. The summed E-state index contributed by atoms with van der Waals surface area (Å²) in [5, 5.41) is 3.11. The number of fused-ring (bicyclic) bond motifs is 2. The van der Waals surface area contributed by atoms with E-state index in [2.05, 4.69) is 60.1 Å². The molecular weight excluding hydrogens is 851 g/mol. The van der Waals surface area contributed by atoms with Crippen molar-refractivity contribution in [2.75, 3.05) is 53.8 Å². The van der Waals surface area contributed by atoms with Gasteiger partial charge in [0.15, 0.2) is 5.82 Å². The van der Waals surface area contributed by atoms with Gasteiger partial charge in [0, 0.05) is 104 Å². The van der Waals surface area contributed by atoms with Crippen LogP contribution in [0.15, 0.2) is 73.1 Å². The topological polar surface area (TPSA) is 151 Å². The summed E-state index contributed by atoms with van der Waals surface area (Å²) in [6, 6.07) is 18.1. The van der Waals surface area contributed by atoms with E-state index in [9.17, 15) is 22.8 Å². The summed E-state index contributed by atoms with van der Waals surface area (Å²) in [6.07, 6.45) is 10.5. The first-order valence-electron chi connectivity index (χ1n) is 23.0. The third-order valence-electron chi connectivity index (χ3n) is 14.5. The van der Waals surface area contributed by atoms with E-state index in [1.165, 1.54) is 16.4 Å². The molecule has 5 aliphatic rings. The molecule has 16 heteroatoms. The number of aromatic nitrogens is 2. The number of nitrogens with one attached hydrogen (secondary N) is 3. The fourth-order valence-electron chi connectivity index (χ4n) is 10.7. The molecule has 10 rings (SSSR count). The zero-order chi connectivity index (χ0) is 45.0. The summed E-state index contributed by atoms with van der Waals surface area (Å²) < 4.78 is 60.6. The van der Waals surface area contributed by atoms with E-state index < -0.39 is 27.9 Å². The zero-order valence-corrected chi connectivity index (χ0v) is 37.3. The molecule has 2 aromatic heterocycles. The Labute approximate surface area is 377 Å². The summed E-state index contributed by atoms with van der Waals surface area (Å²) in [7, 11) is -3.98. The van der Waals surface area contributed by atoms with E-state index in [4.69, 9.17) is 0 Å². The van der Waals surface area contributed by atoms with E-state index in [0.717, 1.165) is 98.2 Å². The molecule has 0 saturated carbocycles. The van der Waals surface area contributed by atoms with Gasteiger partial charge in [-0.05, 0) is 128 Å². The minimum absolute atomic E-state index is 0.0948. The second-order valence-corrected chi connectivity index (χ2v) is 20.4. The number of piperidine rings is 3. The minimum atomic E-state index is -3.98. The fraction of sp³-hybridized carbons (Fsp3) is 0.429. The Balaban J connectivity index is 0.718. The first-order chi connectivity index (χ1) is 31.4. The Morgan fingerprint density at radius 2 is 1.52 bits per heavy atom. The average molecular weight is 905 g/mol. The number of nitrogens with zero attached hydrogens (tertiary/aromatic N) is 5. The number of hydrogen-bond donors (Lipinski definition) is 3. The van der Waals surface area contributed by atoms with Crippen molar-refractivity contribution in [1.82, 2.24) is 24.5 Å². The van der Waals surface area contributed by atoms with Gasteiger partial charge < -0.3 is 19.7 Å². The Kier molecular flexibility index (Phi) is 11.6. The van der Waals surface area contributed by atoms with Gasteiger partial charge >= 0.3 is 10.2 Å². The van der Waals surface area contributed by atoms with Gasteiger partial charge in [-0.3, -0.25) is 24.4 Å². The van der Waals surface area contributed by atoms with Crippen LogP contribution in [0.1, 0.15) is 85.3 Å². The van der Waals surface area contributed by atoms with Gasteiger partial charge in [-0.1, -0.05) is 19.1 Å². The van der Waals surface area contributed by atoms with Crippen LogP contribution < -0.4 is 19.8 Å². The van der Waals surface area contributed by atoms with Crippen molar-refractivity contribution in [3.63, 3.8) is 0 Å². The molecule has 4 saturated heterocycles. The lowest BCUT2D eigenvalue weighted by molar-refractivity contribution is -0.136. The third kappa shape index (κ3) is 8.70. The summed E-state index contributed by atoms with van der Waals surface area (Å²) in [5.41, 5.74) is 6.46. The van der Waals surface area contributed by atoms with Crippen molar-refractivity contribution in [1.29, 1.82) is 0 Å². The van der Waals surface area contributed by atoms with Gasteiger partial charge in [-0.15, -0.1) is 0 Å². The summed E-state index contributed by atoms with van der Waals surface area (Å²) in [5.74, 6) is -0.923. The second kappa shape index (κ2) is 17.5. The summed E-state index contributed by atoms with van der Waals surface area (Å²) >= 11 is 0. The molecule has 5 aromatic rings. The highest BCUT2D eigenvalue weighted by Gasteiger charge is 2.39. The first-order valence-corrected chi connectivity index (χ1v) is 24.4. The van der Waals surface area contributed by atoms with Gasteiger partial charge in [0.25, 0.3) is 5.91 Å². The van der Waals surface area contributed by atoms with Crippen LogP contribution in [0.25, 0.3) is 22.2 Å². The number of aromatic amines is 1. The minimum Gasteiger partial charge on any atom is -0.372 e. The van der Waals surface area contributed by atoms with E-state index in [-0.39, 0.29) is 47.7 Å². The van der Waals surface area contributed by atoms with Gasteiger partial charge in [0.2, 0.25) is 11.8 Å². The van der Waals surface area contributed by atoms with E-state index in [1.807, 2.05) is 25.1 Å². The number of pyridine rings is 1. The Bertz CT molecular complexity index is 2770. The Morgan fingerprint density at radius 1 is 0.815 bits per heavy atom. The number of H-pyrrole nitrogens is 1. The van der Waals surface area contributed by atoms with Crippen molar-refractivity contribution >= 4 is 56.0 Å². The molecule has 65 heavy (non-hydrogen) atoms. The second-order valence-electron chi connectivity index (χ2n) is 18.7. The molecule has 3 N–H and O–H groups in total. The SMILES string of the molecule is C[C@@H]1CCN(S(=O)(=O)Nc2ccc(F)c(Cc3c[nH]c4ncc(-c5ccc(N6CCC(CC7CCN(c8ccc9c(c8)CN(C8CCC(=O)NC8=O)C9=O)CC7)CC6)cc5)cc34)c2F)C1. The molecule has 0 spiro atoms. The number of halogens is 2. The van der Waals surface area contributed by atoms with Crippen molar-refractivity contribution in [2.45, 2.75) is 77.3 Å². The van der Waals surface area contributed by atoms with Crippen LogP contribution in [0.4, 0.5) is 25.8 Å². The average Bonchev–Trinajstić information content (AvgIpc) is 4.03. The van der Waals surface area contributed by atoms with E-state index in [0.29, 0.717) is 54.7 Å². The predicted octanol–water partition coefficient (Wildman–Crippen LogP) is 7.38. The number of carbonyl (C=O) groups excluding carboxylic acids is 3. The normalized spacial score (nSPS) is 21.4. The van der Waals surface area contributed by atoms with Crippen molar-refractivity contribution in [2.24, 2.45) is 17.8 Å². The number of benzene rings is 3. The van der Waals surface area contributed by atoms with Gasteiger partial charge in [0.05, 0.1) is 5.69 Å². The lowest BCUT2D eigenvalue weighted by Gasteiger charge is -2.38. The Morgan fingerprint density at radius 3 is 2.22 bits per heavy atom. The highest BCUT2D eigenvalue weighted by atomic mass is 32.2. The van der Waals surface area contributed by atoms with Crippen molar-refractivity contribution in [3.05, 3.63) is 107 Å². The maximum Gasteiger partial charge on any atom is 0.301 e. The molecule has 4 fully saturated rings. The van der Waals surface area contributed by atoms with Crippen LogP contribution in [-0.2, 0) is 32.8 Å². The molecule has 7 heterocycles. The highest BCUT2D eigenvalue weighted by Crippen LogP contribution is 2.37. The van der Waals surface area contributed by atoms with Crippen molar-refractivity contribution in [3.8, 4) is 11.1 Å². The molecule has 0 radical (unpaired) electrons. The van der Waals surface area contributed by atoms with Crippen LogP contribution >= 0.6 is 0 Å². The monoisotopic (exact) mass is 904 g/mol. The van der Waals surface area contributed by atoms with Crippen LogP contribution in [0.3, 0.4) is 0 Å². The maximum absolute atomic E-state index is 15.8. The number of rotatable bonds is 11. The molecule has 3 amide bonds. The molecule has 1 unspecified atom stereocenters. The maximum atomic E-state index is 15.8. The lowest BCUT2D eigenvalue weighted by atomic mass is 9.82. The van der Waals surface area contributed by atoms with Crippen LogP contribution in [0.2, 0.25) is 0 Å². The number of anilines is 3. The number of imide groups is 1. The fourth-order valence-corrected chi connectivity index (χ4v) is 12.0. The standard InChI is InChI=1S/C49H54F2N8O5S/c1-30-12-21-58(28-30)65(63,64)55-43-9-8-42(50)41(46(43)51)25-35-27-53-47-40(35)24-34(26-52-47)33-2-4-37(5-3-33)56-17-13-31(14-18-56)22-32-15-19-57(20-16-32)38-6-7-39-36(23-38)29-59(49(39)62)44-10-11-45(60)54-48(44)61/h2-9,23-24,26-27,30-32,44,55H,10-22,25,28-29H2,1H3,(H,52,53)(H,54,60,61)/t30-,44?/m1/s1. The summed E-state index contributed by atoms with van der Waals surface area (Å²) in [6.45, 7) is 7.01. The highest BCUT2D eigenvalue weighted by molar-refractivity contribution is 7.90. The zero-order valence-electron chi connectivity index (χ0n) is 36.5. The predicted molar refractivity (Wildman–Crippen MR) is 246 cm³/mol. The van der Waals surface area contributed by atoms with Gasteiger partial charge in [-0.25, -0.2) is 13.8 Å². The molecule has 0 aliphatic carbocycles. The van der Waals surface area contributed by atoms with Crippen molar-refractivity contribution < 1.29 is 31.6 Å². The van der Waals surface area contributed by atoms with E-state index >= 15 is 8.78 Å². The molecule has 2 atom stereocenters. The Hall–Kier alpha value is -5.87. The van der Waals surface area contributed by atoms with Gasteiger partial charge in [-0.2, -0.15) is 12.7 Å². The first kappa shape index (κ1) is 43.0. The molecular formula is C49H54F2N8O5S. The third-order valence-corrected chi connectivity index (χ3v) is 16.0. The number of hydrogen-bond acceptors (Lipinski definition) is 8. The molecule has 0 bridgehead atoms. The number of amides is 3. The smallest absolute Gasteiger partial charge is 0.301 e. The lowest BCUT2D eigenvalue weighted by Crippen LogP contribution is -2.52.